The van der Waals surface area contributed by atoms with Crippen LogP contribution in [0.2, 0.25) is 0 Å². The van der Waals surface area contributed by atoms with Crippen LogP contribution in [0.3, 0.4) is 0 Å². The highest BCUT2D eigenvalue weighted by atomic mass is 32.2. The molecule has 4 rings (SSSR count). The lowest BCUT2D eigenvalue weighted by Gasteiger charge is -2.29. The molecule has 1 amide bonds. The average molecular weight is 458 g/mol. The van der Waals surface area contributed by atoms with E-state index < -0.39 is 0 Å². The van der Waals surface area contributed by atoms with Crippen molar-refractivity contribution in [2.75, 3.05) is 57.2 Å². The van der Waals surface area contributed by atoms with E-state index >= 15 is 0 Å². The monoisotopic (exact) mass is 457 g/mol. The second-order valence-electron chi connectivity index (χ2n) is 7.18. The summed E-state index contributed by atoms with van der Waals surface area (Å²) in [6, 6.07) is 13.7. The smallest absolute Gasteiger partial charge is 0.260 e. The lowest BCUT2D eigenvalue weighted by molar-refractivity contribution is 0.0391. The number of amides is 1. The summed E-state index contributed by atoms with van der Waals surface area (Å²) < 4.78 is 12.2. The molecule has 3 aromatic rings. The molecular formula is C23H27N3O3S2. The van der Waals surface area contributed by atoms with Crippen LogP contribution < -0.4 is 9.64 Å². The van der Waals surface area contributed by atoms with Crippen LogP contribution in [0.15, 0.2) is 47.4 Å². The normalized spacial score (nSPS) is 14.6. The van der Waals surface area contributed by atoms with Crippen LogP contribution in [0.1, 0.15) is 17.3 Å². The number of hydrogen-bond donors (Lipinski definition) is 0. The Hall–Kier alpha value is -2.13. The molecule has 0 unspecified atom stereocenters. The van der Waals surface area contributed by atoms with Gasteiger partial charge in [0.25, 0.3) is 5.91 Å². The van der Waals surface area contributed by atoms with E-state index in [1.807, 2.05) is 60.5 Å². The number of morpholine rings is 1. The average Bonchev–Trinajstić information content (AvgIpc) is 3.25. The van der Waals surface area contributed by atoms with Gasteiger partial charge in [-0.2, -0.15) is 0 Å². The van der Waals surface area contributed by atoms with Crippen molar-refractivity contribution in [1.82, 2.24) is 9.88 Å². The van der Waals surface area contributed by atoms with Crippen molar-refractivity contribution in [1.29, 1.82) is 0 Å². The van der Waals surface area contributed by atoms with Gasteiger partial charge in [0.2, 0.25) is 0 Å². The van der Waals surface area contributed by atoms with Crippen LogP contribution in [0.25, 0.3) is 10.2 Å². The highest BCUT2D eigenvalue weighted by molar-refractivity contribution is 7.98. The summed E-state index contributed by atoms with van der Waals surface area (Å²) in [6.45, 7) is 7.15. The van der Waals surface area contributed by atoms with Gasteiger partial charge in [0.15, 0.2) is 5.13 Å². The zero-order valence-corrected chi connectivity index (χ0v) is 19.5. The zero-order chi connectivity index (χ0) is 21.6. The third kappa shape index (κ3) is 5.20. The Bertz CT molecular complexity index is 1030. The van der Waals surface area contributed by atoms with Gasteiger partial charge < -0.3 is 9.47 Å². The molecule has 2 heterocycles. The van der Waals surface area contributed by atoms with Gasteiger partial charge in [-0.05, 0) is 43.5 Å². The number of hydrogen-bond acceptors (Lipinski definition) is 7. The van der Waals surface area contributed by atoms with Gasteiger partial charge in [0, 0.05) is 36.6 Å². The van der Waals surface area contributed by atoms with Gasteiger partial charge in [-0.15, -0.1) is 11.8 Å². The predicted octanol–water partition coefficient (Wildman–Crippen LogP) is 4.40. The summed E-state index contributed by atoms with van der Waals surface area (Å²) in [5.74, 6) is 0.730. The zero-order valence-electron chi connectivity index (χ0n) is 17.9. The first-order valence-electron chi connectivity index (χ1n) is 10.5. The number of ether oxygens (including phenoxy) is 2. The first-order valence-corrected chi connectivity index (χ1v) is 12.5. The first kappa shape index (κ1) is 22.1. The van der Waals surface area contributed by atoms with Crippen molar-refractivity contribution in [3.8, 4) is 5.75 Å². The van der Waals surface area contributed by atoms with E-state index in [9.17, 15) is 4.79 Å². The van der Waals surface area contributed by atoms with Crippen LogP contribution in [-0.4, -0.2) is 68.0 Å². The molecule has 0 aliphatic carbocycles. The summed E-state index contributed by atoms with van der Waals surface area (Å²) in [5.41, 5.74) is 1.49. The Morgan fingerprint density at radius 2 is 2.06 bits per heavy atom. The number of aromatic nitrogens is 1. The molecule has 8 heteroatoms. The lowest BCUT2D eigenvalue weighted by atomic mass is 10.2. The molecule has 0 N–H and O–H groups in total. The summed E-state index contributed by atoms with van der Waals surface area (Å²) >= 11 is 3.16. The number of anilines is 1. The molecule has 0 atom stereocenters. The molecule has 0 saturated carbocycles. The van der Waals surface area contributed by atoms with E-state index in [2.05, 4.69) is 4.90 Å². The Labute approximate surface area is 191 Å². The maximum Gasteiger partial charge on any atom is 0.260 e. The molecule has 1 fully saturated rings. The molecule has 1 aliphatic heterocycles. The van der Waals surface area contributed by atoms with Gasteiger partial charge in [-0.3, -0.25) is 14.6 Å². The maximum atomic E-state index is 13.6. The Morgan fingerprint density at radius 1 is 1.26 bits per heavy atom. The molecular weight excluding hydrogens is 430 g/mol. The molecule has 164 valence electrons. The van der Waals surface area contributed by atoms with Crippen LogP contribution in [0, 0.1) is 0 Å². The number of carbonyl (C=O) groups is 1. The van der Waals surface area contributed by atoms with Gasteiger partial charge in [-0.1, -0.05) is 23.5 Å². The lowest BCUT2D eigenvalue weighted by Crippen LogP contribution is -2.43. The van der Waals surface area contributed by atoms with E-state index in [1.165, 1.54) is 11.3 Å². The molecule has 0 spiro atoms. The molecule has 0 radical (unpaired) electrons. The fourth-order valence-corrected chi connectivity index (χ4v) is 5.03. The number of nitrogens with zero attached hydrogens (tertiary/aromatic N) is 3. The second-order valence-corrected chi connectivity index (χ2v) is 9.06. The Balaban J connectivity index is 1.66. The summed E-state index contributed by atoms with van der Waals surface area (Å²) in [7, 11) is 0. The number of fused-ring (bicyclic) bond motifs is 1. The minimum absolute atomic E-state index is 0.0267. The second kappa shape index (κ2) is 10.5. The van der Waals surface area contributed by atoms with E-state index in [1.54, 1.807) is 11.8 Å². The fourth-order valence-electron chi connectivity index (χ4n) is 3.56. The third-order valence-electron chi connectivity index (χ3n) is 5.21. The molecule has 1 aliphatic rings. The van der Waals surface area contributed by atoms with Crippen molar-refractivity contribution in [2.45, 2.75) is 11.8 Å². The quantitative estimate of drug-likeness (QED) is 0.468. The molecule has 6 nitrogen and oxygen atoms in total. The fraction of sp³-hybridized carbons (Fsp3) is 0.391. The minimum atomic E-state index is -0.0267. The highest BCUT2D eigenvalue weighted by Gasteiger charge is 2.24. The third-order valence-corrected chi connectivity index (χ3v) is 6.98. The van der Waals surface area contributed by atoms with E-state index in [-0.39, 0.29) is 5.91 Å². The highest BCUT2D eigenvalue weighted by Crippen LogP contribution is 2.35. The largest absolute Gasteiger partial charge is 0.492 e. The standard InChI is InChI=1S/C23H27N3O3S2/c1-3-29-19-8-5-9-20-21(19)24-23(31-20)26(11-10-25-12-14-28-15-13-25)22(27)17-6-4-7-18(16-17)30-2/h4-9,16H,3,10-15H2,1-2H3. The molecule has 1 aromatic heterocycles. The SMILES string of the molecule is CCOc1cccc2sc(N(CCN3CCOCC3)C(=O)c3cccc(SC)c3)nc12. The number of para-hydroxylation sites is 1. The van der Waals surface area contributed by atoms with Crippen LogP contribution in [0.5, 0.6) is 5.75 Å². The van der Waals surface area contributed by atoms with Crippen molar-refractivity contribution in [3.05, 3.63) is 48.0 Å². The minimum Gasteiger partial charge on any atom is -0.492 e. The summed E-state index contributed by atoms with van der Waals surface area (Å²) in [5, 5.41) is 0.704. The van der Waals surface area contributed by atoms with Crippen LogP contribution in [0.4, 0.5) is 5.13 Å². The molecule has 2 aromatic carbocycles. The van der Waals surface area contributed by atoms with Crippen molar-refractivity contribution < 1.29 is 14.3 Å². The number of thioether (sulfide) groups is 1. The van der Waals surface area contributed by atoms with Gasteiger partial charge in [0.05, 0.1) is 24.5 Å². The summed E-state index contributed by atoms with van der Waals surface area (Å²) in [6.07, 6.45) is 2.02. The number of carbonyl (C=O) groups excluding carboxylic acids is 1. The van der Waals surface area contributed by atoms with E-state index in [0.29, 0.717) is 23.8 Å². The first-order chi connectivity index (χ1) is 15.2. The topological polar surface area (TPSA) is 54.9 Å². The maximum absolute atomic E-state index is 13.6. The van der Waals surface area contributed by atoms with E-state index in [0.717, 1.165) is 53.7 Å². The molecule has 1 saturated heterocycles. The van der Waals surface area contributed by atoms with Crippen LogP contribution in [-0.2, 0) is 4.74 Å². The van der Waals surface area contributed by atoms with Crippen LogP contribution >= 0.6 is 23.1 Å². The predicted molar refractivity (Wildman–Crippen MR) is 128 cm³/mol. The Morgan fingerprint density at radius 3 is 2.84 bits per heavy atom. The van der Waals surface area contributed by atoms with Crippen molar-refractivity contribution in [2.24, 2.45) is 0 Å². The van der Waals surface area contributed by atoms with Crippen molar-refractivity contribution in [3.63, 3.8) is 0 Å². The van der Waals surface area contributed by atoms with Crippen molar-refractivity contribution >= 4 is 44.4 Å². The number of benzene rings is 2. The van der Waals surface area contributed by atoms with Gasteiger partial charge in [-0.25, -0.2) is 4.98 Å². The van der Waals surface area contributed by atoms with E-state index in [4.69, 9.17) is 14.5 Å². The number of rotatable bonds is 8. The Kier molecular flexibility index (Phi) is 7.45. The molecule has 0 bridgehead atoms. The number of thiazole rings is 1. The van der Waals surface area contributed by atoms with Gasteiger partial charge in [0.1, 0.15) is 11.3 Å². The summed E-state index contributed by atoms with van der Waals surface area (Å²) in [4.78, 5) is 23.6. The molecule has 31 heavy (non-hydrogen) atoms. The van der Waals surface area contributed by atoms with Gasteiger partial charge >= 0.3 is 0 Å².